The Morgan fingerprint density at radius 2 is 1.26 bits per heavy atom. The van der Waals surface area contributed by atoms with Crippen molar-refractivity contribution >= 4 is 18.3 Å². The largest absolute Gasteiger partial charge is 0.445 e. The Bertz CT molecular complexity index is 676. The van der Waals surface area contributed by atoms with E-state index in [1.54, 1.807) is 41.5 Å². The van der Waals surface area contributed by atoms with Crippen LogP contribution in [0.1, 0.15) is 47.1 Å². The molecular formula is C22H35N3O6. The van der Waals surface area contributed by atoms with Crippen molar-refractivity contribution in [3.8, 4) is 0 Å². The van der Waals surface area contributed by atoms with Crippen molar-refractivity contribution in [2.24, 2.45) is 0 Å². The standard InChI is InChI=1S/C22H35N3O6/c1-21(2,3)30-18(26)23-12-14-25(15-13-24-19(27)31-22(4,5)6)20(28)29-16-17-10-8-7-9-11-17/h7-11H,12-16H2,1-6H3,(H,23,26)(H,24,27). The minimum Gasteiger partial charge on any atom is -0.445 e. The summed E-state index contributed by atoms with van der Waals surface area (Å²) in [5.41, 5.74) is -0.375. The summed E-state index contributed by atoms with van der Waals surface area (Å²) in [4.78, 5) is 37.6. The molecule has 0 aliphatic rings. The van der Waals surface area contributed by atoms with E-state index >= 15 is 0 Å². The molecule has 0 atom stereocenters. The molecule has 1 aromatic carbocycles. The van der Waals surface area contributed by atoms with E-state index in [0.717, 1.165) is 5.56 Å². The normalized spacial score (nSPS) is 11.3. The summed E-state index contributed by atoms with van der Waals surface area (Å²) in [6.07, 6.45) is -1.70. The van der Waals surface area contributed by atoms with Crippen LogP contribution in [-0.2, 0) is 20.8 Å². The average Bonchev–Trinajstić information content (AvgIpc) is 2.62. The summed E-state index contributed by atoms with van der Waals surface area (Å²) in [6, 6.07) is 9.30. The second kappa shape index (κ2) is 12.0. The monoisotopic (exact) mass is 437 g/mol. The summed E-state index contributed by atoms with van der Waals surface area (Å²) in [7, 11) is 0. The van der Waals surface area contributed by atoms with Crippen LogP contribution < -0.4 is 10.6 Å². The van der Waals surface area contributed by atoms with Gasteiger partial charge >= 0.3 is 18.3 Å². The molecule has 0 aliphatic carbocycles. The molecule has 2 N–H and O–H groups in total. The zero-order valence-corrected chi connectivity index (χ0v) is 19.3. The number of nitrogens with one attached hydrogen (secondary N) is 2. The van der Waals surface area contributed by atoms with Gasteiger partial charge in [0.05, 0.1) is 0 Å². The molecule has 9 heteroatoms. The third-order valence-electron chi connectivity index (χ3n) is 3.56. The van der Waals surface area contributed by atoms with Crippen molar-refractivity contribution in [1.29, 1.82) is 0 Å². The highest BCUT2D eigenvalue weighted by Crippen LogP contribution is 2.07. The minimum atomic E-state index is -0.615. The van der Waals surface area contributed by atoms with Crippen molar-refractivity contribution in [3.05, 3.63) is 35.9 Å². The fourth-order valence-electron chi connectivity index (χ4n) is 2.32. The lowest BCUT2D eigenvalue weighted by Gasteiger charge is -2.24. The average molecular weight is 438 g/mol. The van der Waals surface area contributed by atoms with E-state index in [-0.39, 0.29) is 32.8 Å². The van der Waals surface area contributed by atoms with Crippen LogP contribution in [0.5, 0.6) is 0 Å². The van der Waals surface area contributed by atoms with Crippen molar-refractivity contribution in [1.82, 2.24) is 15.5 Å². The van der Waals surface area contributed by atoms with Crippen LogP contribution in [0.2, 0.25) is 0 Å². The lowest BCUT2D eigenvalue weighted by Crippen LogP contribution is -2.44. The lowest BCUT2D eigenvalue weighted by atomic mass is 10.2. The third kappa shape index (κ3) is 13.0. The molecule has 0 bridgehead atoms. The molecule has 9 nitrogen and oxygen atoms in total. The molecule has 31 heavy (non-hydrogen) atoms. The maximum atomic E-state index is 12.5. The zero-order chi connectivity index (χ0) is 23.5. The quantitative estimate of drug-likeness (QED) is 0.601. The first kappa shape index (κ1) is 26.1. The van der Waals surface area contributed by atoms with Gasteiger partial charge in [0.15, 0.2) is 0 Å². The number of amides is 3. The van der Waals surface area contributed by atoms with Crippen LogP contribution >= 0.6 is 0 Å². The number of nitrogens with zero attached hydrogens (tertiary/aromatic N) is 1. The van der Waals surface area contributed by atoms with Crippen LogP contribution in [0, 0.1) is 0 Å². The number of ether oxygens (including phenoxy) is 3. The number of benzene rings is 1. The van der Waals surface area contributed by atoms with Crippen LogP contribution in [0.25, 0.3) is 0 Å². The molecule has 0 unspecified atom stereocenters. The Kier molecular flexibility index (Phi) is 10.1. The summed E-state index contributed by atoms with van der Waals surface area (Å²) in [6.45, 7) is 11.4. The van der Waals surface area contributed by atoms with Gasteiger partial charge in [0.1, 0.15) is 17.8 Å². The first-order valence-corrected chi connectivity index (χ1v) is 10.2. The Hall–Kier alpha value is -2.97. The lowest BCUT2D eigenvalue weighted by molar-refractivity contribution is 0.0510. The van der Waals surface area contributed by atoms with E-state index in [0.29, 0.717) is 0 Å². The summed E-state index contributed by atoms with van der Waals surface area (Å²) >= 11 is 0. The Morgan fingerprint density at radius 1 is 0.806 bits per heavy atom. The number of carbonyl (C=O) groups is 3. The van der Waals surface area contributed by atoms with Gasteiger partial charge in [0.2, 0.25) is 0 Å². The third-order valence-corrected chi connectivity index (χ3v) is 3.56. The number of carbonyl (C=O) groups excluding carboxylic acids is 3. The van der Waals surface area contributed by atoms with Crippen LogP contribution in [0.3, 0.4) is 0 Å². The van der Waals surface area contributed by atoms with Crippen molar-refractivity contribution in [2.45, 2.75) is 59.4 Å². The second-order valence-corrected chi connectivity index (χ2v) is 8.88. The molecule has 0 aliphatic heterocycles. The molecule has 0 saturated heterocycles. The van der Waals surface area contributed by atoms with E-state index in [2.05, 4.69) is 10.6 Å². The van der Waals surface area contributed by atoms with Crippen molar-refractivity contribution in [2.75, 3.05) is 26.2 Å². The van der Waals surface area contributed by atoms with Crippen LogP contribution in [-0.4, -0.2) is 60.6 Å². The molecule has 0 radical (unpaired) electrons. The Labute approximate surface area is 184 Å². The van der Waals surface area contributed by atoms with Gasteiger partial charge in [-0.2, -0.15) is 0 Å². The molecule has 0 heterocycles. The maximum absolute atomic E-state index is 12.5. The molecule has 0 aromatic heterocycles. The second-order valence-electron chi connectivity index (χ2n) is 8.88. The summed E-state index contributed by atoms with van der Waals surface area (Å²) in [5, 5.41) is 5.21. The molecule has 0 fully saturated rings. The van der Waals surface area contributed by atoms with Gasteiger partial charge in [0, 0.05) is 26.2 Å². The topological polar surface area (TPSA) is 106 Å². The molecule has 0 saturated carbocycles. The SMILES string of the molecule is CC(C)(C)OC(=O)NCCN(CCNC(=O)OC(C)(C)C)C(=O)OCc1ccccc1. The highest BCUT2D eigenvalue weighted by Gasteiger charge is 2.20. The van der Waals surface area contributed by atoms with E-state index in [9.17, 15) is 14.4 Å². The van der Waals surface area contributed by atoms with Crippen LogP contribution in [0.4, 0.5) is 14.4 Å². The Morgan fingerprint density at radius 3 is 1.68 bits per heavy atom. The van der Waals surface area contributed by atoms with E-state index in [4.69, 9.17) is 14.2 Å². The molecule has 1 aromatic rings. The predicted octanol–water partition coefficient (Wildman–Crippen LogP) is 3.67. The summed E-state index contributed by atoms with van der Waals surface area (Å²) < 4.78 is 15.7. The fourth-order valence-corrected chi connectivity index (χ4v) is 2.32. The molecular weight excluding hydrogens is 402 g/mol. The van der Waals surface area contributed by atoms with Gasteiger partial charge in [-0.05, 0) is 47.1 Å². The minimum absolute atomic E-state index is 0.120. The molecule has 174 valence electrons. The first-order chi connectivity index (χ1) is 14.4. The predicted molar refractivity (Wildman–Crippen MR) is 117 cm³/mol. The van der Waals surface area contributed by atoms with Gasteiger partial charge in [-0.1, -0.05) is 30.3 Å². The number of rotatable bonds is 8. The number of hydrogen-bond acceptors (Lipinski definition) is 6. The highest BCUT2D eigenvalue weighted by molar-refractivity contribution is 5.69. The number of hydrogen-bond donors (Lipinski definition) is 2. The van der Waals surface area contributed by atoms with E-state index in [1.165, 1.54) is 4.90 Å². The van der Waals surface area contributed by atoms with Crippen LogP contribution in [0.15, 0.2) is 30.3 Å². The Balaban J connectivity index is 2.57. The molecule has 1 rings (SSSR count). The van der Waals surface area contributed by atoms with Gasteiger partial charge in [-0.15, -0.1) is 0 Å². The highest BCUT2D eigenvalue weighted by atomic mass is 16.6. The molecule has 3 amide bonds. The van der Waals surface area contributed by atoms with Gasteiger partial charge in [-0.25, -0.2) is 14.4 Å². The fraction of sp³-hybridized carbons (Fsp3) is 0.591. The smallest absolute Gasteiger partial charge is 0.410 e. The van der Waals surface area contributed by atoms with Gasteiger partial charge < -0.3 is 29.7 Å². The van der Waals surface area contributed by atoms with Gasteiger partial charge in [-0.3, -0.25) is 0 Å². The maximum Gasteiger partial charge on any atom is 0.410 e. The molecule has 0 spiro atoms. The summed E-state index contributed by atoms with van der Waals surface area (Å²) in [5.74, 6) is 0. The van der Waals surface area contributed by atoms with Gasteiger partial charge in [0.25, 0.3) is 0 Å². The zero-order valence-electron chi connectivity index (χ0n) is 19.3. The van der Waals surface area contributed by atoms with E-state index in [1.807, 2.05) is 30.3 Å². The van der Waals surface area contributed by atoms with Crippen molar-refractivity contribution in [3.63, 3.8) is 0 Å². The van der Waals surface area contributed by atoms with Crippen molar-refractivity contribution < 1.29 is 28.6 Å². The number of alkyl carbamates (subject to hydrolysis) is 2. The van der Waals surface area contributed by atoms with E-state index < -0.39 is 29.5 Å². The first-order valence-electron chi connectivity index (χ1n) is 10.2.